The van der Waals surface area contributed by atoms with E-state index in [0.717, 1.165) is 5.69 Å². The van der Waals surface area contributed by atoms with Crippen LogP contribution in [0, 0.1) is 11.3 Å². The molecule has 0 bridgehead atoms. The number of hydrogen-bond donors (Lipinski definition) is 2. The Morgan fingerprint density at radius 3 is 2.76 bits per heavy atom. The lowest BCUT2D eigenvalue weighted by Crippen LogP contribution is -1.97. The Morgan fingerprint density at radius 2 is 2.12 bits per heavy atom. The highest BCUT2D eigenvalue weighted by molar-refractivity contribution is 6.33. The fourth-order valence-electron chi connectivity index (χ4n) is 1.35. The Bertz CT molecular complexity index is 589. The molecule has 0 saturated carbocycles. The van der Waals surface area contributed by atoms with Gasteiger partial charge in [0.1, 0.15) is 0 Å². The van der Waals surface area contributed by atoms with Gasteiger partial charge in [0.15, 0.2) is 0 Å². The minimum Gasteiger partial charge on any atom is -0.396 e. The molecule has 0 aliphatic rings. The third-order valence-corrected chi connectivity index (χ3v) is 2.53. The predicted octanol–water partition coefficient (Wildman–Crippen LogP) is 2.93. The van der Waals surface area contributed by atoms with E-state index in [0.29, 0.717) is 22.0 Å². The molecule has 17 heavy (non-hydrogen) atoms. The van der Waals surface area contributed by atoms with Crippen molar-refractivity contribution in [2.75, 3.05) is 11.1 Å². The zero-order valence-electron chi connectivity index (χ0n) is 8.81. The van der Waals surface area contributed by atoms with Crippen molar-refractivity contribution >= 4 is 28.7 Å². The van der Waals surface area contributed by atoms with E-state index < -0.39 is 0 Å². The minimum absolute atomic E-state index is 0.472. The van der Waals surface area contributed by atoms with E-state index >= 15 is 0 Å². The number of nitrogens with two attached hydrogens (primary N) is 1. The molecule has 3 N–H and O–H groups in total. The van der Waals surface area contributed by atoms with Crippen LogP contribution in [-0.4, -0.2) is 4.98 Å². The average Bonchev–Trinajstić information content (AvgIpc) is 2.34. The van der Waals surface area contributed by atoms with Crippen LogP contribution in [0.2, 0.25) is 5.02 Å². The molecule has 0 atom stereocenters. The molecule has 4 nitrogen and oxygen atoms in total. The topological polar surface area (TPSA) is 74.7 Å². The first-order valence-corrected chi connectivity index (χ1v) is 5.24. The van der Waals surface area contributed by atoms with Gasteiger partial charge in [0, 0.05) is 6.20 Å². The summed E-state index contributed by atoms with van der Waals surface area (Å²) in [5.74, 6) is 0. The van der Waals surface area contributed by atoms with Crippen molar-refractivity contribution in [3.05, 3.63) is 47.2 Å². The molecule has 0 amide bonds. The maximum Gasteiger partial charge on any atom is 0.0992 e. The van der Waals surface area contributed by atoms with Crippen LogP contribution in [0.3, 0.4) is 0 Å². The number of pyridine rings is 1. The lowest BCUT2D eigenvalue weighted by atomic mass is 10.2. The van der Waals surface area contributed by atoms with Gasteiger partial charge in [0.2, 0.25) is 0 Å². The number of benzene rings is 1. The molecular weight excluding hydrogens is 236 g/mol. The Hall–Kier alpha value is -2.25. The number of nitrogens with zero attached hydrogens (tertiary/aromatic N) is 2. The summed E-state index contributed by atoms with van der Waals surface area (Å²) < 4.78 is 0. The molecule has 0 unspecified atom stereocenters. The third-order valence-electron chi connectivity index (χ3n) is 2.22. The fourth-order valence-corrected chi connectivity index (χ4v) is 1.58. The molecule has 0 spiro atoms. The van der Waals surface area contributed by atoms with Crippen molar-refractivity contribution in [2.24, 2.45) is 0 Å². The molecule has 0 aliphatic heterocycles. The largest absolute Gasteiger partial charge is 0.396 e. The van der Waals surface area contributed by atoms with Crippen LogP contribution in [-0.2, 0) is 0 Å². The highest BCUT2D eigenvalue weighted by Gasteiger charge is 2.04. The average molecular weight is 245 g/mol. The van der Waals surface area contributed by atoms with Gasteiger partial charge in [-0.2, -0.15) is 5.26 Å². The molecule has 1 aromatic heterocycles. The van der Waals surface area contributed by atoms with Gasteiger partial charge in [-0.3, -0.25) is 4.98 Å². The monoisotopic (exact) mass is 244 g/mol. The molecular formula is C12H9ClN4. The summed E-state index contributed by atoms with van der Waals surface area (Å²) in [5, 5.41) is 12.3. The van der Waals surface area contributed by atoms with Gasteiger partial charge in [0.05, 0.1) is 39.9 Å². The predicted molar refractivity (Wildman–Crippen MR) is 68.1 cm³/mol. The number of nitrogens with one attached hydrogen (secondary N) is 1. The Morgan fingerprint density at radius 1 is 1.29 bits per heavy atom. The molecule has 2 aromatic rings. The number of nitrogen functional groups attached to an aromatic ring is 1. The molecule has 84 valence electrons. The number of hydrogen-bond acceptors (Lipinski definition) is 4. The minimum atomic E-state index is 0.472. The normalized spacial score (nSPS) is 9.65. The van der Waals surface area contributed by atoms with Gasteiger partial charge in [-0.05, 0) is 24.3 Å². The second kappa shape index (κ2) is 4.73. The van der Waals surface area contributed by atoms with Gasteiger partial charge in [-0.25, -0.2) is 0 Å². The van der Waals surface area contributed by atoms with Crippen LogP contribution in [0.25, 0.3) is 0 Å². The zero-order valence-corrected chi connectivity index (χ0v) is 9.57. The number of nitriles is 1. The Labute approximate surface area is 104 Å². The maximum absolute atomic E-state index is 8.73. The van der Waals surface area contributed by atoms with Crippen LogP contribution in [0.4, 0.5) is 17.1 Å². The van der Waals surface area contributed by atoms with E-state index in [1.807, 2.05) is 6.07 Å². The van der Waals surface area contributed by atoms with E-state index in [2.05, 4.69) is 10.3 Å². The highest BCUT2D eigenvalue weighted by Crippen LogP contribution is 2.28. The molecule has 0 fully saturated rings. The summed E-state index contributed by atoms with van der Waals surface area (Å²) in [5.41, 5.74) is 8.23. The summed E-state index contributed by atoms with van der Waals surface area (Å²) in [6.45, 7) is 0. The van der Waals surface area contributed by atoms with E-state index in [-0.39, 0.29) is 0 Å². The summed E-state index contributed by atoms with van der Waals surface area (Å²) in [6.07, 6.45) is 3.19. The second-order valence-corrected chi connectivity index (χ2v) is 3.80. The van der Waals surface area contributed by atoms with E-state index in [9.17, 15) is 0 Å². The summed E-state index contributed by atoms with van der Waals surface area (Å²) in [7, 11) is 0. The summed E-state index contributed by atoms with van der Waals surface area (Å²) in [4.78, 5) is 3.90. The van der Waals surface area contributed by atoms with Crippen LogP contribution < -0.4 is 11.1 Å². The standard InChI is InChI=1S/C12H9ClN4/c13-9-5-8(6-14)1-2-11(9)17-12-3-4-16-7-10(12)15/h1-5,7H,15H2,(H,16,17). The van der Waals surface area contributed by atoms with Crippen LogP contribution in [0.5, 0.6) is 0 Å². The first kappa shape index (κ1) is 11.2. The molecule has 0 saturated heterocycles. The summed E-state index contributed by atoms with van der Waals surface area (Å²) >= 11 is 6.04. The first-order chi connectivity index (χ1) is 8.20. The first-order valence-electron chi connectivity index (χ1n) is 4.87. The van der Waals surface area contributed by atoms with E-state index in [1.54, 1.807) is 36.7 Å². The van der Waals surface area contributed by atoms with Crippen LogP contribution in [0.15, 0.2) is 36.7 Å². The molecule has 5 heteroatoms. The van der Waals surface area contributed by atoms with Crippen molar-refractivity contribution in [1.82, 2.24) is 4.98 Å². The van der Waals surface area contributed by atoms with Gasteiger partial charge >= 0.3 is 0 Å². The number of halogens is 1. The molecule has 1 heterocycles. The van der Waals surface area contributed by atoms with Crippen LogP contribution in [0.1, 0.15) is 5.56 Å². The van der Waals surface area contributed by atoms with Crippen molar-refractivity contribution in [3.63, 3.8) is 0 Å². The van der Waals surface area contributed by atoms with Gasteiger partial charge in [-0.15, -0.1) is 0 Å². The zero-order chi connectivity index (χ0) is 12.3. The lowest BCUT2D eigenvalue weighted by Gasteiger charge is -2.10. The fraction of sp³-hybridized carbons (Fsp3) is 0. The van der Waals surface area contributed by atoms with E-state index in [1.165, 1.54) is 0 Å². The number of rotatable bonds is 2. The molecule has 0 radical (unpaired) electrons. The quantitative estimate of drug-likeness (QED) is 0.852. The SMILES string of the molecule is N#Cc1ccc(Nc2ccncc2N)c(Cl)c1. The Balaban J connectivity index is 2.32. The number of anilines is 3. The Kier molecular flexibility index (Phi) is 3.12. The molecule has 2 rings (SSSR count). The van der Waals surface area contributed by atoms with E-state index in [4.69, 9.17) is 22.6 Å². The van der Waals surface area contributed by atoms with Gasteiger partial charge < -0.3 is 11.1 Å². The third kappa shape index (κ3) is 2.47. The molecule has 1 aromatic carbocycles. The van der Waals surface area contributed by atoms with Crippen molar-refractivity contribution in [1.29, 1.82) is 5.26 Å². The maximum atomic E-state index is 8.73. The van der Waals surface area contributed by atoms with Gasteiger partial charge in [0.25, 0.3) is 0 Å². The van der Waals surface area contributed by atoms with Crippen LogP contribution >= 0.6 is 11.6 Å². The van der Waals surface area contributed by atoms with Crippen molar-refractivity contribution < 1.29 is 0 Å². The number of aromatic nitrogens is 1. The van der Waals surface area contributed by atoms with Crippen molar-refractivity contribution in [2.45, 2.75) is 0 Å². The van der Waals surface area contributed by atoms with Gasteiger partial charge in [-0.1, -0.05) is 11.6 Å². The lowest BCUT2D eigenvalue weighted by molar-refractivity contribution is 1.33. The summed E-state index contributed by atoms with van der Waals surface area (Å²) in [6, 6.07) is 8.80. The molecule has 0 aliphatic carbocycles. The van der Waals surface area contributed by atoms with Crippen molar-refractivity contribution in [3.8, 4) is 6.07 Å². The highest BCUT2D eigenvalue weighted by atomic mass is 35.5. The smallest absolute Gasteiger partial charge is 0.0992 e. The second-order valence-electron chi connectivity index (χ2n) is 3.39.